The summed E-state index contributed by atoms with van der Waals surface area (Å²) in [6.45, 7) is 5.91. The molecular weight excluding hydrogens is 394 g/mol. The van der Waals surface area contributed by atoms with Gasteiger partial charge in [-0.3, -0.25) is 14.3 Å². The number of aromatic nitrogens is 2. The van der Waals surface area contributed by atoms with Gasteiger partial charge in [0.1, 0.15) is 4.90 Å². The summed E-state index contributed by atoms with van der Waals surface area (Å²) in [7, 11) is -1.94. The predicted molar refractivity (Wildman–Crippen MR) is 108 cm³/mol. The van der Waals surface area contributed by atoms with Crippen molar-refractivity contribution in [1.82, 2.24) is 19.0 Å². The molecule has 2 aromatic rings. The van der Waals surface area contributed by atoms with Crippen molar-refractivity contribution in [3.63, 3.8) is 0 Å². The zero-order valence-electron chi connectivity index (χ0n) is 17.0. The number of hydrogen-bond donors (Lipinski definition) is 1. The van der Waals surface area contributed by atoms with Crippen LogP contribution < -0.4 is 5.32 Å². The molecule has 3 rings (SSSR count). The Kier molecular flexibility index (Phi) is 5.76. The fraction of sp³-hybridized carbons (Fsp3) is 0.421. The third-order valence-electron chi connectivity index (χ3n) is 5.02. The Bertz CT molecular complexity index is 1040. The summed E-state index contributed by atoms with van der Waals surface area (Å²) in [5, 5.41) is 6.85. The van der Waals surface area contributed by atoms with Crippen molar-refractivity contribution in [2.45, 2.75) is 25.7 Å². The van der Waals surface area contributed by atoms with E-state index < -0.39 is 10.0 Å². The largest absolute Gasteiger partial charge is 0.336 e. The Labute approximate surface area is 170 Å². The summed E-state index contributed by atoms with van der Waals surface area (Å²) in [6, 6.07) is 6.64. The summed E-state index contributed by atoms with van der Waals surface area (Å²) in [6.07, 6.45) is 0. The minimum atomic E-state index is -3.66. The first-order valence-electron chi connectivity index (χ1n) is 9.28. The smallest absolute Gasteiger partial charge is 0.253 e. The zero-order valence-corrected chi connectivity index (χ0v) is 17.8. The van der Waals surface area contributed by atoms with Gasteiger partial charge in [-0.1, -0.05) is 0 Å². The molecule has 156 valence electrons. The lowest BCUT2D eigenvalue weighted by Crippen LogP contribution is -2.50. The standard InChI is InChI=1S/C19H25N5O4S/c1-13-18(14(2)22(4)21-13)29(27,28)24-11-9-23(10-12-24)19(26)16-5-7-17(8-6-16)20-15(3)25/h5-8H,9-12H2,1-4H3,(H,20,25). The van der Waals surface area contributed by atoms with Crippen LogP contribution in [0.1, 0.15) is 28.7 Å². The second-order valence-corrected chi connectivity index (χ2v) is 8.95. The Morgan fingerprint density at radius 3 is 2.10 bits per heavy atom. The number of carbonyl (C=O) groups excluding carboxylic acids is 2. The molecule has 0 unspecified atom stereocenters. The molecule has 1 aliphatic heterocycles. The number of nitrogens with one attached hydrogen (secondary N) is 1. The normalized spacial score (nSPS) is 15.4. The molecule has 2 amide bonds. The van der Waals surface area contributed by atoms with Crippen LogP contribution in [0, 0.1) is 13.8 Å². The second-order valence-electron chi connectivity index (χ2n) is 7.08. The number of anilines is 1. The molecule has 1 aromatic carbocycles. The van der Waals surface area contributed by atoms with Crippen LogP contribution in [0.5, 0.6) is 0 Å². The van der Waals surface area contributed by atoms with Gasteiger partial charge in [-0.05, 0) is 38.1 Å². The van der Waals surface area contributed by atoms with Gasteiger partial charge in [-0.25, -0.2) is 8.42 Å². The molecule has 0 atom stereocenters. The topological polar surface area (TPSA) is 105 Å². The number of amides is 2. The molecule has 1 fully saturated rings. The second kappa shape index (κ2) is 7.96. The van der Waals surface area contributed by atoms with Gasteiger partial charge in [0.05, 0.1) is 11.4 Å². The van der Waals surface area contributed by atoms with Crippen molar-refractivity contribution < 1.29 is 18.0 Å². The SMILES string of the molecule is CC(=O)Nc1ccc(C(=O)N2CCN(S(=O)(=O)c3c(C)nn(C)c3C)CC2)cc1. The number of hydrogen-bond acceptors (Lipinski definition) is 5. The lowest BCUT2D eigenvalue weighted by molar-refractivity contribution is -0.114. The van der Waals surface area contributed by atoms with Gasteiger partial charge in [-0.2, -0.15) is 9.40 Å². The number of piperazine rings is 1. The third-order valence-corrected chi connectivity index (χ3v) is 7.17. The van der Waals surface area contributed by atoms with Crippen LogP contribution >= 0.6 is 0 Å². The van der Waals surface area contributed by atoms with Crippen molar-refractivity contribution in [2.75, 3.05) is 31.5 Å². The molecule has 0 radical (unpaired) electrons. The van der Waals surface area contributed by atoms with Crippen LogP contribution in [0.15, 0.2) is 29.2 Å². The monoisotopic (exact) mass is 419 g/mol. The van der Waals surface area contributed by atoms with E-state index in [1.54, 1.807) is 54.7 Å². The summed E-state index contributed by atoms with van der Waals surface area (Å²) >= 11 is 0. The Morgan fingerprint density at radius 1 is 1.03 bits per heavy atom. The molecule has 0 aliphatic carbocycles. The first kappa shape index (κ1) is 21.0. The number of rotatable bonds is 4. The number of carbonyl (C=O) groups is 2. The van der Waals surface area contributed by atoms with Crippen LogP contribution in [-0.4, -0.2) is 65.4 Å². The van der Waals surface area contributed by atoms with Gasteiger partial charge in [0, 0.05) is 51.4 Å². The molecule has 1 aliphatic rings. The molecule has 1 saturated heterocycles. The zero-order chi connectivity index (χ0) is 21.3. The molecule has 0 spiro atoms. The van der Waals surface area contributed by atoms with Gasteiger partial charge in [0.2, 0.25) is 15.9 Å². The minimum Gasteiger partial charge on any atom is -0.336 e. The maximum absolute atomic E-state index is 13.0. The first-order valence-corrected chi connectivity index (χ1v) is 10.7. The minimum absolute atomic E-state index is 0.162. The molecule has 2 heterocycles. The van der Waals surface area contributed by atoms with Crippen molar-refractivity contribution in [1.29, 1.82) is 0 Å². The van der Waals surface area contributed by atoms with E-state index in [1.165, 1.54) is 11.2 Å². The van der Waals surface area contributed by atoms with Crippen molar-refractivity contribution in [3.05, 3.63) is 41.2 Å². The fourth-order valence-electron chi connectivity index (χ4n) is 3.47. The van der Waals surface area contributed by atoms with E-state index in [2.05, 4.69) is 10.4 Å². The average molecular weight is 420 g/mol. The Balaban J connectivity index is 1.68. The predicted octanol–water partition coefficient (Wildman–Crippen LogP) is 1.14. The highest BCUT2D eigenvalue weighted by molar-refractivity contribution is 7.89. The fourth-order valence-corrected chi connectivity index (χ4v) is 5.29. The van der Waals surface area contributed by atoms with Crippen molar-refractivity contribution >= 4 is 27.5 Å². The molecule has 0 saturated carbocycles. The van der Waals surface area contributed by atoms with E-state index >= 15 is 0 Å². The average Bonchev–Trinajstić information content (AvgIpc) is 2.93. The molecular formula is C19H25N5O4S. The first-order chi connectivity index (χ1) is 13.6. The maximum atomic E-state index is 13.0. The number of aryl methyl sites for hydroxylation is 2. The molecule has 29 heavy (non-hydrogen) atoms. The summed E-state index contributed by atoms with van der Waals surface area (Å²) < 4.78 is 29.1. The maximum Gasteiger partial charge on any atom is 0.253 e. The summed E-state index contributed by atoms with van der Waals surface area (Å²) in [5.74, 6) is -0.342. The Hall–Kier alpha value is -2.72. The van der Waals surface area contributed by atoms with Gasteiger partial charge in [-0.15, -0.1) is 0 Å². The molecule has 1 N–H and O–H groups in total. The van der Waals surface area contributed by atoms with Crippen molar-refractivity contribution in [2.24, 2.45) is 7.05 Å². The lowest BCUT2D eigenvalue weighted by atomic mass is 10.1. The molecule has 10 heteroatoms. The quantitative estimate of drug-likeness (QED) is 0.800. The Morgan fingerprint density at radius 2 is 1.62 bits per heavy atom. The van der Waals surface area contributed by atoms with Crippen LogP contribution in [0.25, 0.3) is 0 Å². The van der Waals surface area contributed by atoms with Crippen LogP contribution in [0.2, 0.25) is 0 Å². The van der Waals surface area contributed by atoms with Gasteiger partial charge in [0.25, 0.3) is 5.91 Å². The van der Waals surface area contributed by atoms with Gasteiger partial charge in [0.15, 0.2) is 0 Å². The molecule has 1 aromatic heterocycles. The molecule has 0 bridgehead atoms. The number of sulfonamides is 1. The van der Waals surface area contributed by atoms with E-state index in [4.69, 9.17) is 0 Å². The summed E-state index contributed by atoms with van der Waals surface area (Å²) in [5.41, 5.74) is 2.18. The molecule has 9 nitrogen and oxygen atoms in total. The van der Waals surface area contributed by atoms with E-state index in [-0.39, 0.29) is 29.8 Å². The van der Waals surface area contributed by atoms with Crippen LogP contribution in [0.4, 0.5) is 5.69 Å². The van der Waals surface area contributed by atoms with E-state index in [1.807, 2.05) is 0 Å². The van der Waals surface area contributed by atoms with E-state index in [0.717, 1.165) is 0 Å². The highest BCUT2D eigenvalue weighted by Gasteiger charge is 2.34. The number of benzene rings is 1. The summed E-state index contributed by atoms with van der Waals surface area (Å²) in [4.78, 5) is 25.7. The van der Waals surface area contributed by atoms with Crippen molar-refractivity contribution in [3.8, 4) is 0 Å². The van der Waals surface area contributed by atoms with Gasteiger partial charge < -0.3 is 10.2 Å². The van der Waals surface area contributed by atoms with Gasteiger partial charge >= 0.3 is 0 Å². The lowest BCUT2D eigenvalue weighted by Gasteiger charge is -2.34. The third kappa shape index (κ3) is 4.18. The van der Waals surface area contributed by atoms with Crippen LogP contribution in [-0.2, 0) is 21.9 Å². The highest BCUT2D eigenvalue weighted by atomic mass is 32.2. The van der Waals surface area contributed by atoms with E-state index in [9.17, 15) is 18.0 Å². The van der Waals surface area contributed by atoms with E-state index in [0.29, 0.717) is 35.7 Å². The van der Waals surface area contributed by atoms with Crippen LogP contribution in [0.3, 0.4) is 0 Å². The number of nitrogens with zero attached hydrogens (tertiary/aromatic N) is 4. The highest BCUT2D eigenvalue weighted by Crippen LogP contribution is 2.24.